The smallest absolute Gasteiger partial charge is 0.165 e. The van der Waals surface area contributed by atoms with Crippen molar-refractivity contribution >= 4 is 5.97 Å². The molecular formula is C5H8O2Y-2. The Hall–Kier alpha value is 0.314. The van der Waals surface area contributed by atoms with Gasteiger partial charge in [0.05, 0.1) is 0 Å². The minimum absolute atomic E-state index is 0. The summed E-state index contributed by atoms with van der Waals surface area (Å²) in [6, 6.07) is 0. The molecule has 0 aliphatic heterocycles. The third kappa shape index (κ3) is 33.3. The monoisotopic (exact) mass is 189 g/mol. The number of carboxylic acid groups (broad SMARTS) is 1. The first kappa shape index (κ1) is 15.7. The summed E-state index contributed by atoms with van der Waals surface area (Å²) in [6.07, 6.45) is 0.583. The van der Waals surface area contributed by atoms with Crippen molar-refractivity contribution in [3.63, 3.8) is 0 Å². The van der Waals surface area contributed by atoms with Crippen molar-refractivity contribution < 1.29 is 42.6 Å². The molecule has 0 saturated carbocycles. The van der Waals surface area contributed by atoms with E-state index in [9.17, 15) is 4.79 Å². The van der Waals surface area contributed by atoms with E-state index in [2.05, 4.69) is 13.5 Å². The number of rotatable bonds is 1. The number of carbonyl (C=O) groups is 1. The van der Waals surface area contributed by atoms with Crippen molar-refractivity contribution in [1.29, 1.82) is 0 Å². The molecule has 3 heteroatoms. The summed E-state index contributed by atoms with van der Waals surface area (Å²) in [5, 5.41) is 7.54. The minimum atomic E-state index is -1.09. The fraction of sp³-hybridized carbons (Fsp3) is 0.200. The number of aliphatic carboxylic acids is 1. The molecule has 0 aromatic carbocycles. The second kappa shape index (κ2) is 15.7. The standard InChI is InChI=1S/C3H3O2.C2H5.Y/c1-2-3(4)5;1-2;/h1-2H,(H,4,5);1H2,2H3;/q2*-1;. The molecule has 0 aliphatic carbocycles. The van der Waals surface area contributed by atoms with Crippen molar-refractivity contribution in [2.75, 3.05) is 0 Å². The number of carboxylic acids is 1. The van der Waals surface area contributed by atoms with Gasteiger partial charge in [0.25, 0.3) is 0 Å². The molecule has 0 heterocycles. The molecule has 0 rings (SSSR count). The van der Waals surface area contributed by atoms with Gasteiger partial charge in [0.2, 0.25) is 0 Å². The Morgan fingerprint density at radius 3 is 1.88 bits per heavy atom. The molecule has 0 saturated heterocycles. The van der Waals surface area contributed by atoms with Crippen molar-refractivity contribution in [2.45, 2.75) is 6.92 Å². The van der Waals surface area contributed by atoms with Gasteiger partial charge in [-0.2, -0.15) is 13.0 Å². The average Bonchev–Trinajstić information content (AvgIpc) is 1.73. The molecule has 0 atom stereocenters. The van der Waals surface area contributed by atoms with Crippen LogP contribution in [0.25, 0.3) is 0 Å². The first-order valence-electron chi connectivity index (χ1n) is 1.76. The van der Waals surface area contributed by atoms with E-state index in [1.807, 2.05) is 0 Å². The molecule has 2 nitrogen and oxygen atoms in total. The summed E-state index contributed by atoms with van der Waals surface area (Å²) in [6.45, 7) is 9.45. The molecule has 45 valence electrons. The molecule has 0 aromatic heterocycles. The van der Waals surface area contributed by atoms with Gasteiger partial charge in [-0.25, -0.2) is 0 Å². The van der Waals surface area contributed by atoms with Crippen molar-refractivity contribution in [1.82, 2.24) is 0 Å². The van der Waals surface area contributed by atoms with E-state index < -0.39 is 5.97 Å². The van der Waals surface area contributed by atoms with Gasteiger partial charge in [-0.05, 0) is 0 Å². The van der Waals surface area contributed by atoms with Gasteiger partial charge in [0, 0.05) is 32.7 Å². The van der Waals surface area contributed by atoms with Crippen LogP contribution in [0.2, 0.25) is 0 Å². The number of hydrogen-bond acceptors (Lipinski definition) is 1. The molecule has 0 aromatic rings. The maximum Gasteiger partial charge on any atom is 0.165 e. The third-order valence-corrected chi connectivity index (χ3v) is 0.143. The maximum absolute atomic E-state index is 9.19. The molecule has 0 amide bonds. The molecule has 0 unspecified atom stereocenters. The summed E-state index contributed by atoms with van der Waals surface area (Å²) in [5.74, 6) is -1.09. The Morgan fingerprint density at radius 1 is 1.75 bits per heavy atom. The Bertz CT molecular complexity index is 61.4. The predicted molar refractivity (Wildman–Crippen MR) is 27.5 cm³/mol. The molecule has 0 aliphatic rings. The fourth-order valence-electron chi connectivity index (χ4n) is 0. The average molecular weight is 189 g/mol. The largest absolute Gasteiger partial charge is 0.562 e. The van der Waals surface area contributed by atoms with E-state index in [0.717, 1.165) is 0 Å². The molecule has 1 N–H and O–H groups in total. The Labute approximate surface area is 74.9 Å². The van der Waals surface area contributed by atoms with Crippen LogP contribution in [0, 0.1) is 13.5 Å². The van der Waals surface area contributed by atoms with E-state index in [1.165, 1.54) is 0 Å². The maximum atomic E-state index is 9.19. The van der Waals surface area contributed by atoms with Crippen LogP contribution in [0.5, 0.6) is 0 Å². The second-order valence-electron chi connectivity index (χ2n) is 0.505. The summed E-state index contributed by atoms with van der Waals surface area (Å²) in [4.78, 5) is 9.19. The first-order chi connectivity index (χ1) is 3.27. The fourth-order valence-corrected chi connectivity index (χ4v) is 0. The summed E-state index contributed by atoms with van der Waals surface area (Å²) in [5.41, 5.74) is 0. The van der Waals surface area contributed by atoms with Crippen molar-refractivity contribution in [3.05, 3.63) is 19.6 Å². The van der Waals surface area contributed by atoms with Crippen LogP contribution in [0.4, 0.5) is 0 Å². The Kier molecular flexibility index (Phi) is 30.8. The van der Waals surface area contributed by atoms with E-state index >= 15 is 0 Å². The molecule has 0 bridgehead atoms. The zero-order chi connectivity index (χ0) is 6.28. The van der Waals surface area contributed by atoms with Crippen LogP contribution in [0.1, 0.15) is 6.92 Å². The molecule has 8 heavy (non-hydrogen) atoms. The van der Waals surface area contributed by atoms with Gasteiger partial charge in [0.15, 0.2) is 5.97 Å². The van der Waals surface area contributed by atoms with E-state index in [-0.39, 0.29) is 32.7 Å². The molecule has 0 spiro atoms. The van der Waals surface area contributed by atoms with Crippen LogP contribution in [-0.4, -0.2) is 11.1 Å². The topological polar surface area (TPSA) is 37.3 Å². The van der Waals surface area contributed by atoms with Gasteiger partial charge in [-0.1, -0.05) is 0 Å². The molecule has 1 radical (unpaired) electrons. The first-order valence-corrected chi connectivity index (χ1v) is 1.76. The van der Waals surface area contributed by atoms with Crippen LogP contribution >= 0.6 is 0 Å². The number of hydrogen-bond donors (Lipinski definition) is 1. The van der Waals surface area contributed by atoms with Crippen LogP contribution < -0.4 is 0 Å². The van der Waals surface area contributed by atoms with Crippen molar-refractivity contribution in [2.24, 2.45) is 0 Å². The zero-order valence-corrected chi connectivity index (χ0v) is 7.63. The SMILES string of the molecule is [CH-]=CC(=O)O.[CH2-]C.[Y]. The normalized spacial score (nSPS) is 4.75. The van der Waals surface area contributed by atoms with Crippen LogP contribution in [0.15, 0.2) is 6.08 Å². The third-order valence-electron chi connectivity index (χ3n) is 0.143. The summed E-state index contributed by atoms with van der Waals surface area (Å²) < 4.78 is 0. The van der Waals surface area contributed by atoms with E-state index in [4.69, 9.17) is 5.11 Å². The summed E-state index contributed by atoms with van der Waals surface area (Å²) in [7, 11) is 0. The van der Waals surface area contributed by atoms with Gasteiger partial charge >= 0.3 is 0 Å². The van der Waals surface area contributed by atoms with Gasteiger partial charge in [-0.3, -0.25) is 6.58 Å². The minimum Gasteiger partial charge on any atom is -0.562 e. The molecule has 0 fully saturated rings. The van der Waals surface area contributed by atoms with Crippen LogP contribution in [0.3, 0.4) is 0 Å². The van der Waals surface area contributed by atoms with Gasteiger partial charge < -0.3 is 16.8 Å². The van der Waals surface area contributed by atoms with E-state index in [1.54, 1.807) is 6.92 Å². The van der Waals surface area contributed by atoms with Crippen LogP contribution in [-0.2, 0) is 37.5 Å². The quantitative estimate of drug-likeness (QED) is 0.491. The zero-order valence-electron chi connectivity index (χ0n) is 4.79. The Morgan fingerprint density at radius 2 is 1.88 bits per heavy atom. The summed E-state index contributed by atoms with van der Waals surface area (Å²) >= 11 is 0. The predicted octanol–water partition coefficient (Wildman–Crippen LogP) is 0.898. The van der Waals surface area contributed by atoms with E-state index in [0.29, 0.717) is 6.08 Å². The van der Waals surface area contributed by atoms with Gasteiger partial charge in [0.1, 0.15) is 0 Å². The van der Waals surface area contributed by atoms with Crippen molar-refractivity contribution in [3.8, 4) is 0 Å². The van der Waals surface area contributed by atoms with Gasteiger partial charge in [-0.15, -0.1) is 0 Å². The Balaban J connectivity index is -0.0000000750. The molecular weight excluding hydrogens is 181 g/mol. The second-order valence-corrected chi connectivity index (χ2v) is 0.505.